The molecule has 2 aliphatic carbocycles. The Morgan fingerprint density at radius 1 is 1.32 bits per heavy atom. The van der Waals surface area contributed by atoms with Crippen molar-refractivity contribution < 1.29 is 14.3 Å². The monoisotopic (exact) mass is 479 g/mol. The molecular weight excluding hydrogens is 453 g/mol. The van der Waals surface area contributed by atoms with Crippen LogP contribution >= 0.6 is 11.6 Å². The zero-order valence-electron chi connectivity index (χ0n) is 19.0. The molecule has 34 heavy (non-hydrogen) atoms. The lowest BCUT2D eigenvalue weighted by atomic mass is 9.68. The van der Waals surface area contributed by atoms with Crippen molar-refractivity contribution in [1.82, 2.24) is 15.1 Å². The van der Waals surface area contributed by atoms with Gasteiger partial charge in [0.2, 0.25) is 5.91 Å². The highest BCUT2D eigenvalue weighted by Crippen LogP contribution is 2.55. The Kier molecular flexibility index (Phi) is 6.04. The normalized spacial score (nSPS) is 22.0. The van der Waals surface area contributed by atoms with Gasteiger partial charge in [0.05, 0.1) is 23.6 Å². The summed E-state index contributed by atoms with van der Waals surface area (Å²) in [7, 11) is 0. The predicted molar refractivity (Wildman–Crippen MR) is 130 cm³/mol. The maximum absolute atomic E-state index is 13.4. The van der Waals surface area contributed by atoms with E-state index in [4.69, 9.17) is 11.6 Å². The number of hydrogen-bond donors (Lipinski definition) is 2. The average Bonchev–Trinajstić information content (AvgIpc) is 3.37. The van der Waals surface area contributed by atoms with E-state index in [1.807, 2.05) is 35.1 Å². The van der Waals surface area contributed by atoms with Crippen molar-refractivity contribution in [2.75, 3.05) is 6.61 Å². The van der Waals surface area contributed by atoms with Crippen LogP contribution in [0.1, 0.15) is 49.0 Å². The third-order valence-electron chi connectivity index (χ3n) is 7.47. The molecule has 2 N–H and O–H groups in total. The van der Waals surface area contributed by atoms with Gasteiger partial charge in [-0.2, -0.15) is 5.10 Å². The number of aliphatic hydroxyl groups is 1. The van der Waals surface area contributed by atoms with Gasteiger partial charge < -0.3 is 10.4 Å². The van der Waals surface area contributed by atoms with Gasteiger partial charge in [0.25, 0.3) is 0 Å². The number of nitrogens with zero attached hydrogens (tertiary/aromatic N) is 2. The Labute approximate surface area is 203 Å². The van der Waals surface area contributed by atoms with Crippen LogP contribution in [-0.2, 0) is 11.2 Å². The molecule has 7 heteroatoms. The molecule has 0 radical (unpaired) electrons. The van der Waals surface area contributed by atoms with E-state index in [9.17, 15) is 14.3 Å². The van der Waals surface area contributed by atoms with Crippen LogP contribution in [0.3, 0.4) is 0 Å². The van der Waals surface area contributed by atoms with Crippen LogP contribution in [0.15, 0.2) is 60.3 Å². The first-order valence-corrected chi connectivity index (χ1v) is 11.9. The highest BCUT2D eigenvalue weighted by atomic mass is 35.5. The van der Waals surface area contributed by atoms with Crippen molar-refractivity contribution in [1.29, 1.82) is 0 Å². The fourth-order valence-electron chi connectivity index (χ4n) is 5.63. The second-order valence-electron chi connectivity index (χ2n) is 9.51. The first kappa shape index (κ1) is 22.8. The molecule has 1 aromatic heterocycles. The summed E-state index contributed by atoms with van der Waals surface area (Å²) in [6.07, 6.45) is 7.76. The molecule has 2 aliphatic rings. The highest BCUT2D eigenvalue weighted by molar-refractivity contribution is 6.30. The SMILES string of the molecule is CC12Cc3cnn(-c4ccc(F)cc4)c3C=C1CCC2CC(NC(=O)CO)c1cccc(Cl)c1. The quantitative estimate of drug-likeness (QED) is 0.506. The molecule has 0 spiro atoms. The molecule has 2 aromatic carbocycles. The van der Waals surface area contributed by atoms with E-state index in [-0.39, 0.29) is 17.3 Å². The lowest BCUT2D eigenvalue weighted by Crippen LogP contribution is -2.35. The first-order chi connectivity index (χ1) is 16.4. The fourth-order valence-corrected chi connectivity index (χ4v) is 5.82. The molecule has 3 aromatic rings. The molecule has 5 nitrogen and oxygen atoms in total. The average molecular weight is 480 g/mol. The van der Waals surface area contributed by atoms with Crippen molar-refractivity contribution in [3.63, 3.8) is 0 Å². The number of rotatable bonds is 6. The van der Waals surface area contributed by atoms with Crippen molar-refractivity contribution >= 4 is 23.6 Å². The predicted octanol–water partition coefficient (Wildman–Crippen LogP) is 5.26. The maximum Gasteiger partial charge on any atom is 0.246 e. The summed E-state index contributed by atoms with van der Waals surface area (Å²) in [6.45, 7) is 1.76. The number of allylic oxidation sites excluding steroid dienone is 1. The van der Waals surface area contributed by atoms with Gasteiger partial charge >= 0.3 is 0 Å². The fraction of sp³-hybridized carbons (Fsp3) is 0.333. The Bertz CT molecular complexity index is 1250. The summed E-state index contributed by atoms with van der Waals surface area (Å²) < 4.78 is 15.3. The topological polar surface area (TPSA) is 67.2 Å². The standard InChI is InChI=1S/C27H27ClFN3O2/c1-27-14-18-15-30-32(23-9-7-22(29)8-10-23)25(18)13-20(27)6-5-19(27)12-24(31-26(34)16-33)17-3-2-4-21(28)11-17/h2-4,7-11,13,15,19,24,33H,5-6,12,14,16H2,1H3,(H,31,34). The number of aliphatic hydroxyl groups excluding tert-OH is 1. The molecule has 0 aliphatic heterocycles. The summed E-state index contributed by atoms with van der Waals surface area (Å²) in [5.74, 6) is -0.323. The van der Waals surface area contributed by atoms with E-state index in [2.05, 4.69) is 23.4 Å². The van der Waals surface area contributed by atoms with Crippen LogP contribution < -0.4 is 5.32 Å². The molecular formula is C27H27ClFN3O2. The third-order valence-corrected chi connectivity index (χ3v) is 7.71. The van der Waals surface area contributed by atoms with E-state index < -0.39 is 12.5 Å². The van der Waals surface area contributed by atoms with E-state index in [1.54, 1.807) is 12.1 Å². The number of nitrogens with one attached hydrogen (secondary N) is 1. The first-order valence-electron chi connectivity index (χ1n) is 11.6. The Morgan fingerprint density at radius 2 is 2.12 bits per heavy atom. The summed E-state index contributed by atoms with van der Waals surface area (Å²) in [4.78, 5) is 12.1. The van der Waals surface area contributed by atoms with Gasteiger partial charge in [-0.25, -0.2) is 9.07 Å². The van der Waals surface area contributed by atoms with Crippen LogP contribution in [0.2, 0.25) is 5.02 Å². The van der Waals surface area contributed by atoms with Gasteiger partial charge in [0, 0.05) is 5.02 Å². The number of aromatic nitrogens is 2. The van der Waals surface area contributed by atoms with Gasteiger partial charge in [0.15, 0.2) is 0 Å². The third kappa shape index (κ3) is 4.17. The van der Waals surface area contributed by atoms with E-state index in [0.717, 1.165) is 42.6 Å². The lowest BCUT2D eigenvalue weighted by Gasteiger charge is -2.37. The minimum Gasteiger partial charge on any atom is -0.387 e. The smallest absolute Gasteiger partial charge is 0.246 e. The van der Waals surface area contributed by atoms with Crippen molar-refractivity contribution in [2.45, 2.75) is 38.6 Å². The summed E-state index contributed by atoms with van der Waals surface area (Å²) >= 11 is 6.23. The van der Waals surface area contributed by atoms with Gasteiger partial charge in [0.1, 0.15) is 12.4 Å². The molecule has 0 bridgehead atoms. The number of amides is 1. The molecule has 1 heterocycles. The van der Waals surface area contributed by atoms with Gasteiger partial charge in [-0.3, -0.25) is 4.79 Å². The van der Waals surface area contributed by atoms with Gasteiger partial charge in [-0.15, -0.1) is 0 Å². The Hall–Kier alpha value is -2.96. The zero-order chi connectivity index (χ0) is 23.9. The summed E-state index contributed by atoms with van der Waals surface area (Å²) in [5.41, 5.74) is 5.33. The Morgan fingerprint density at radius 3 is 2.85 bits per heavy atom. The Balaban J connectivity index is 1.43. The second kappa shape index (κ2) is 9.01. The van der Waals surface area contributed by atoms with Crippen LogP contribution in [0, 0.1) is 17.2 Å². The number of carbonyl (C=O) groups excluding carboxylic acids is 1. The number of benzene rings is 2. The van der Waals surface area contributed by atoms with Crippen LogP contribution in [0.4, 0.5) is 4.39 Å². The maximum atomic E-state index is 13.4. The molecule has 1 saturated carbocycles. The van der Waals surface area contributed by atoms with Crippen LogP contribution in [-0.4, -0.2) is 27.4 Å². The van der Waals surface area contributed by atoms with Crippen molar-refractivity contribution in [2.24, 2.45) is 11.3 Å². The van der Waals surface area contributed by atoms with E-state index in [0.29, 0.717) is 10.9 Å². The van der Waals surface area contributed by atoms with Crippen molar-refractivity contribution in [3.8, 4) is 5.69 Å². The molecule has 1 amide bonds. The summed E-state index contributed by atoms with van der Waals surface area (Å²) in [6, 6.07) is 13.7. The number of fused-ring (bicyclic) bond motifs is 2. The van der Waals surface area contributed by atoms with Gasteiger partial charge in [-0.05, 0) is 90.6 Å². The second-order valence-corrected chi connectivity index (χ2v) is 9.95. The van der Waals surface area contributed by atoms with Crippen LogP contribution in [0.25, 0.3) is 11.8 Å². The molecule has 5 rings (SSSR count). The van der Waals surface area contributed by atoms with Gasteiger partial charge in [-0.1, -0.05) is 36.2 Å². The number of hydrogen-bond acceptors (Lipinski definition) is 3. The van der Waals surface area contributed by atoms with E-state index in [1.165, 1.54) is 23.3 Å². The van der Waals surface area contributed by atoms with Crippen LogP contribution in [0.5, 0.6) is 0 Å². The minimum atomic E-state index is -0.546. The molecule has 0 saturated heterocycles. The minimum absolute atomic E-state index is 0.0512. The molecule has 1 fully saturated rings. The van der Waals surface area contributed by atoms with Crippen molar-refractivity contribution in [3.05, 3.63) is 88.0 Å². The number of carbonyl (C=O) groups is 1. The largest absolute Gasteiger partial charge is 0.387 e. The van der Waals surface area contributed by atoms with E-state index >= 15 is 0 Å². The molecule has 3 unspecified atom stereocenters. The zero-order valence-corrected chi connectivity index (χ0v) is 19.7. The molecule has 3 atom stereocenters. The highest BCUT2D eigenvalue weighted by Gasteiger charge is 2.46. The number of halogens is 2. The lowest BCUT2D eigenvalue weighted by molar-refractivity contribution is -0.124. The molecule has 176 valence electrons. The summed E-state index contributed by atoms with van der Waals surface area (Å²) in [5, 5.41) is 17.5.